The summed E-state index contributed by atoms with van der Waals surface area (Å²) in [6.45, 7) is 6.35. The summed E-state index contributed by atoms with van der Waals surface area (Å²) in [4.78, 5) is 43.1. The van der Waals surface area contributed by atoms with Gasteiger partial charge in [-0.1, -0.05) is 56.2 Å². The molecule has 0 spiro atoms. The Morgan fingerprint density at radius 1 is 0.914 bits per heavy atom. The molecule has 0 bridgehead atoms. The Morgan fingerprint density at radius 2 is 1.60 bits per heavy atom. The molecule has 8 heteroatoms. The van der Waals surface area contributed by atoms with E-state index in [1.165, 1.54) is 4.68 Å². The van der Waals surface area contributed by atoms with Crippen molar-refractivity contribution in [2.75, 3.05) is 0 Å². The number of rotatable bonds is 7. The van der Waals surface area contributed by atoms with Crippen LogP contribution < -0.4 is 16.4 Å². The molecule has 0 radical (unpaired) electrons. The van der Waals surface area contributed by atoms with E-state index in [1.54, 1.807) is 24.3 Å². The van der Waals surface area contributed by atoms with Gasteiger partial charge < -0.3 is 0 Å². The van der Waals surface area contributed by atoms with Crippen molar-refractivity contribution < 1.29 is 9.59 Å². The molecule has 4 aromatic rings. The van der Waals surface area contributed by atoms with E-state index in [0.29, 0.717) is 17.3 Å². The average Bonchev–Trinajstić information content (AvgIpc) is 2.86. The molecule has 2 N–H and O–H groups in total. The molecular weight excluding hydrogens is 442 g/mol. The Labute approximate surface area is 203 Å². The van der Waals surface area contributed by atoms with Gasteiger partial charge >= 0.3 is 0 Å². The maximum Gasteiger partial charge on any atom is 0.290 e. The average molecular weight is 472 g/mol. The first-order chi connectivity index (χ1) is 16.9. The summed E-state index contributed by atoms with van der Waals surface area (Å²) in [6, 6.07) is 14.7. The van der Waals surface area contributed by atoms with Crippen LogP contribution in [0.15, 0.2) is 53.3 Å². The van der Waals surface area contributed by atoms with Crippen molar-refractivity contribution in [3.05, 3.63) is 81.4 Å². The molecule has 0 saturated carbocycles. The van der Waals surface area contributed by atoms with E-state index in [0.717, 1.165) is 47.0 Å². The predicted octanol–water partition coefficient (Wildman–Crippen LogP) is 3.76. The summed E-state index contributed by atoms with van der Waals surface area (Å²) in [6.07, 6.45) is 2.83. The van der Waals surface area contributed by atoms with Crippen molar-refractivity contribution in [3.63, 3.8) is 0 Å². The molecule has 2 heterocycles. The number of nitrogens with zero attached hydrogens (tertiary/aromatic N) is 3. The number of amides is 2. The molecule has 0 aliphatic carbocycles. The zero-order chi connectivity index (χ0) is 24.9. The van der Waals surface area contributed by atoms with Gasteiger partial charge in [0.1, 0.15) is 0 Å². The lowest BCUT2D eigenvalue weighted by Crippen LogP contribution is -2.43. The number of fused-ring (bicyclic) bond motifs is 2. The molecule has 0 atom stereocenters. The molecule has 4 rings (SSSR count). The van der Waals surface area contributed by atoms with Crippen LogP contribution in [0.25, 0.3) is 21.7 Å². The van der Waals surface area contributed by atoms with Crippen molar-refractivity contribution >= 4 is 33.5 Å². The number of aryl methyl sites for hydroxylation is 3. The Hall–Kier alpha value is -4.07. The minimum Gasteiger partial charge on any atom is -0.273 e. The van der Waals surface area contributed by atoms with Crippen LogP contribution in [0.1, 0.15) is 53.5 Å². The highest BCUT2D eigenvalue weighted by molar-refractivity contribution is 6.05. The number of pyridine rings is 1. The third-order valence-electron chi connectivity index (χ3n) is 6.19. The summed E-state index contributed by atoms with van der Waals surface area (Å²) >= 11 is 0. The zero-order valence-electron chi connectivity index (χ0n) is 20.2. The van der Waals surface area contributed by atoms with Crippen LogP contribution in [0.4, 0.5) is 0 Å². The van der Waals surface area contributed by atoms with Crippen molar-refractivity contribution in [1.82, 2.24) is 25.6 Å². The highest BCUT2D eigenvalue weighted by Gasteiger charge is 2.18. The molecule has 0 saturated heterocycles. The SMILES string of the molecule is CCCCCn1nc(C(=O)NNC(=O)Cc2c(C)nc3ccccc3c2C)c2ccccc2c1=O. The van der Waals surface area contributed by atoms with Crippen LogP contribution in [0.5, 0.6) is 0 Å². The fourth-order valence-electron chi connectivity index (χ4n) is 4.29. The molecular formula is C27H29N5O3. The van der Waals surface area contributed by atoms with Gasteiger partial charge in [0, 0.05) is 23.0 Å². The molecule has 2 aromatic carbocycles. The second-order valence-electron chi connectivity index (χ2n) is 8.63. The van der Waals surface area contributed by atoms with Crippen molar-refractivity contribution in [1.29, 1.82) is 0 Å². The van der Waals surface area contributed by atoms with E-state index in [-0.39, 0.29) is 23.6 Å². The van der Waals surface area contributed by atoms with Gasteiger partial charge in [0.15, 0.2) is 5.69 Å². The number of carbonyl (C=O) groups excluding carboxylic acids is 2. The number of unbranched alkanes of at least 4 members (excludes halogenated alkanes) is 2. The fourth-order valence-corrected chi connectivity index (χ4v) is 4.29. The van der Waals surface area contributed by atoms with Crippen LogP contribution in [-0.4, -0.2) is 26.6 Å². The fraction of sp³-hybridized carbons (Fsp3) is 0.296. The lowest BCUT2D eigenvalue weighted by atomic mass is 9.99. The lowest BCUT2D eigenvalue weighted by molar-refractivity contribution is -0.121. The first kappa shape index (κ1) is 24.1. The van der Waals surface area contributed by atoms with E-state index in [2.05, 4.69) is 27.9 Å². The van der Waals surface area contributed by atoms with Gasteiger partial charge in [-0.25, -0.2) is 4.68 Å². The van der Waals surface area contributed by atoms with E-state index < -0.39 is 5.91 Å². The lowest BCUT2D eigenvalue weighted by Gasteiger charge is -2.14. The number of para-hydroxylation sites is 1. The summed E-state index contributed by atoms with van der Waals surface area (Å²) in [7, 11) is 0. The Bertz CT molecular complexity index is 1480. The summed E-state index contributed by atoms with van der Waals surface area (Å²) in [5, 5.41) is 6.19. The van der Waals surface area contributed by atoms with Crippen LogP contribution in [0, 0.1) is 13.8 Å². The quantitative estimate of drug-likeness (QED) is 0.315. The second-order valence-corrected chi connectivity index (χ2v) is 8.63. The molecule has 0 aliphatic rings. The Balaban J connectivity index is 1.53. The second kappa shape index (κ2) is 10.5. The number of aromatic nitrogens is 3. The Kier molecular flexibility index (Phi) is 7.19. The molecule has 8 nitrogen and oxygen atoms in total. The minimum absolute atomic E-state index is 0.0699. The first-order valence-electron chi connectivity index (χ1n) is 11.8. The van der Waals surface area contributed by atoms with Crippen LogP contribution >= 0.6 is 0 Å². The van der Waals surface area contributed by atoms with Crippen molar-refractivity contribution in [2.45, 2.75) is 53.0 Å². The van der Waals surface area contributed by atoms with Gasteiger partial charge in [0.2, 0.25) is 5.91 Å². The number of benzene rings is 2. The van der Waals surface area contributed by atoms with Crippen LogP contribution in [0.3, 0.4) is 0 Å². The van der Waals surface area contributed by atoms with Crippen LogP contribution in [-0.2, 0) is 17.8 Å². The van der Waals surface area contributed by atoms with Gasteiger partial charge in [-0.2, -0.15) is 5.10 Å². The first-order valence-corrected chi connectivity index (χ1v) is 11.8. The van der Waals surface area contributed by atoms with E-state index in [1.807, 2.05) is 38.1 Å². The molecule has 35 heavy (non-hydrogen) atoms. The normalized spacial score (nSPS) is 11.1. The van der Waals surface area contributed by atoms with Gasteiger partial charge in [-0.3, -0.25) is 30.2 Å². The molecule has 2 aromatic heterocycles. The maximum atomic E-state index is 13.0. The van der Waals surface area contributed by atoms with Gasteiger partial charge in [-0.05, 0) is 43.5 Å². The molecule has 0 fully saturated rings. The van der Waals surface area contributed by atoms with Crippen molar-refractivity contribution in [2.24, 2.45) is 0 Å². The van der Waals surface area contributed by atoms with Crippen molar-refractivity contribution in [3.8, 4) is 0 Å². The van der Waals surface area contributed by atoms with E-state index in [4.69, 9.17) is 0 Å². The van der Waals surface area contributed by atoms with Crippen LogP contribution in [0.2, 0.25) is 0 Å². The Morgan fingerprint density at radius 3 is 2.34 bits per heavy atom. The topological polar surface area (TPSA) is 106 Å². The summed E-state index contributed by atoms with van der Waals surface area (Å²) in [5.74, 6) is -0.953. The minimum atomic E-state index is -0.580. The third-order valence-corrected chi connectivity index (χ3v) is 6.19. The number of hydrogen-bond acceptors (Lipinski definition) is 5. The van der Waals surface area contributed by atoms with Gasteiger partial charge in [-0.15, -0.1) is 0 Å². The van der Waals surface area contributed by atoms with Gasteiger partial charge in [0.05, 0.1) is 17.3 Å². The number of nitrogens with one attached hydrogen (secondary N) is 2. The molecule has 2 amide bonds. The third kappa shape index (κ3) is 5.06. The zero-order valence-corrected chi connectivity index (χ0v) is 20.2. The molecule has 0 aliphatic heterocycles. The smallest absolute Gasteiger partial charge is 0.273 e. The maximum absolute atomic E-state index is 13.0. The largest absolute Gasteiger partial charge is 0.290 e. The summed E-state index contributed by atoms with van der Waals surface area (Å²) < 4.78 is 1.34. The number of hydrazine groups is 1. The van der Waals surface area contributed by atoms with Gasteiger partial charge in [0.25, 0.3) is 11.5 Å². The monoisotopic (exact) mass is 471 g/mol. The van der Waals surface area contributed by atoms with E-state index in [9.17, 15) is 14.4 Å². The predicted molar refractivity (Wildman–Crippen MR) is 136 cm³/mol. The number of carbonyl (C=O) groups is 2. The van der Waals surface area contributed by atoms with E-state index >= 15 is 0 Å². The summed E-state index contributed by atoms with van der Waals surface area (Å²) in [5.41, 5.74) is 8.28. The highest BCUT2D eigenvalue weighted by atomic mass is 16.2. The molecule has 180 valence electrons. The molecule has 0 unspecified atom stereocenters. The number of hydrogen-bond donors (Lipinski definition) is 2. The highest BCUT2D eigenvalue weighted by Crippen LogP contribution is 2.22. The standard InChI is InChI=1S/C27H29N5O3/c1-4-5-10-15-32-27(35)21-13-7-6-12-20(21)25(31-32)26(34)30-29-24(33)16-22-17(2)19-11-8-9-14-23(19)28-18(22)3/h6-9,11-14H,4-5,10,15-16H2,1-3H3,(H,29,33)(H,30,34).